The molecule has 0 aromatic heterocycles. The second-order valence-corrected chi connectivity index (χ2v) is 8.05. The minimum absolute atomic E-state index is 0.275. The van der Waals surface area contributed by atoms with Crippen molar-refractivity contribution < 1.29 is 8.42 Å². The zero-order valence-corrected chi connectivity index (χ0v) is 13.7. The molecule has 112 valence electrons. The predicted octanol–water partition coefficient (Wildman–Crippen LogP) is 2.62. The molecule has 0 aliphatic carbocycles. The number of sulfonamides is 1. The van der Waals surface area contributed by atoms with Crippen LogP contribution in [0.2, 0.25) is 5.02 Å². The van der Waals surface area contributed by atoms with Gasteiger partial charge in [-0.05, 0) is 51.4 Å². The van der Waals surface area contributed by atoms with E-state index in [0.29, 0.717) is 18.1 Å². The quantitative estimate of drug-likeness (QED) is 0.929. The molecule has 0 radical (unpaired) electrons. The summed E-state index contributed by atoms with van der Waals surface area (Å²) in [6.07, 6.45) is 1.79. The van der Waals surface area contributed by atoms with E-state index in [4.69, 9.17) is 11.6 Å². The van der Waals surface area contributed by atoms with Crippen molar-refractivity contribution in [2.24, 2.45) is 0 Å². The van der Waals surface area contributed by atoms with E-state index in [1.54, 1.807) is 22.5 Å². The molecule has 1 N–H and O–H groups in total. The minimum atomic E-state index is -3.47. The average molecular weight is 317 g/mol. The van der Waals surface area contributed by atoms with Gasteiger partial charge in [-0.15, -0.1) is 0 Å². The summed E-state index contributed by atoms with van der Waals surface area (Å²) < 4.78 is 27.0. The largest absolute Gasteiger partial charge is 0.316 e. The third kappa shape index (κ3) is 2.86. The van der Waals surface area contributed by atoms with Crippen LogP contribution in [-0.4, -0.2) is 31.9 Å². The van der Waals surface area contributed by atoms with Gasteiger partial charge in [0, 0.05) is 23.7 Å². The smallest absolute Gasteiger partial charge is 0.243 e. The van der Waals surface area contributed by atoms with Crippen LogP contribution in [0.25, 0.3) is 0 Å². The maximum absolute atomic E-state index is 12.7. The van der Waals surface area contributed by atoms with Crippen LogP contribution >= 0.6 is 11.6 Å². The Morgan fingerprint density at radius 1 is 1.40 bits per heavy atom. The second-order valence-electron chi connectivity index (χ2n) is 5.78. The molecule has 0 amide bonds. The van der Waals surface area contributed by atoms with E-state index in [2.05, 4.69) is 5.32 Å². The van der Waals surface area contributed by atoms with Crippen LogP contribution in [0, 0.1) is 0 Å². The molecule has 1 heterocycles. The third-order valence-electron chi connectivity index (χ3n) is 3.80. The molecule has 2 rings (SSSR count). The van der Waals surface area contributed by atoms with Crippen LogP contribution in [0.1, 0.15) is 32.3 Å². The summed E-state index contributed by atoms with van der Waals surface area (Å²) in [5, 5.41) is 3.49. The predicted molar refractivity (Wildman–Crippen MR) is 81.4 cm³/mol. The minimum Gasteiger partial charge on any atom is -0.316 e. The van der Waals surface area contributed by atoms with Gasteiger partial charge in [0.15, 0.2) is 0 Å². The van der Waals surface area contributed by atoms with E-state index in [-0.39, 0.29) is 10.4 Å². The number of rotatable bonds is 4. The lowest BCUT2D eigenvalue weighted by atomic mass is 10.0. The average Bonchev–Trinajstić information content (AvgIpc) is 2.72. The van der Waals surface area contributed by atoms with Crippen molar-refractivity contribution in [3.63, 3.8) is 0 Å². The number of nitrogens with one attached hydrogen (secondary N) is 1. The fourth-order valence-electron chi connectivity index (χ4n) is 2.68. The summed E-state index contributed by atoms with van der Waals surface area (Å²) in [5.41, 5.74) is 0.573. The SMILES string of the molecule is CNCc1ccc(S(=O)(=O)N2CCCC2(C)C)cc1Cl. The van der Waals surface area contributed by atoms with Gasteiger partial charge in [0.05, 0.1) is 4.90 Å². The highest BCUT2D eigenvalue weighted by Gasteiger charge is 2.40. The normalized spacial score (nSPS) is 19.4. The van der Waals surface area contributed by atoms with Gasteiger partial charge in [-0.2, -0.15) is 4.31 Å². The van der Waals surface area contributed by atoms with Crippen molar-refractivity contribution >= 4 is 21.6 Å². The van der Waals surface area contributed by atoms with E-state index in [0.717, 1.165) is 18.4 Å². The van der Waals surface area contributed by atoms with Gasteiger partial charge in [0.2, 0.25) is 10.0 Å². The Morgan fingerprint density at radius 2 is 2.10 bits per heavy atom. The molecule has 0 spiro atoms. The highest BCUT2D eigenvalue weighted by atomic mass is 35.5. The molecule has 6 heteroatoms. The van der Waals surface area contributed by atoms with E-state index in [1.165, 1.54) is 0 Å². The summed E-state index contributed by atoms with van der Waals surface area (Å²) in [4.78, 5) is 0.275. The van der Waals surface area contributed by atoms with Gasteiger partial charge in [0.25, 0.3) is 0 Å². The maximum atomic E-state index is 12.7. The van der Waals surface area contributed by atoms with Crippen LogP contribution < -0.4 is 5.32 Å². The molecule has 0 atom stereocenters. The summed E-state index contributed by atoms with van der Waals surface area (Å²) in [5.74, 6) is 0. The Labute approximate surface area is 126 Å². The Hall–Kier alpha value is -0.620. The number of hydrogen-bond acceptors (Lipinski definition) is 3. The Morgan fingerprint density at radius 3 is 2.60 bits per heavy atom. The van der Waals surface area contributed by atoms with Gasteiger partial charge in [-0.25, -0.2) is 8.42 Å². The lowest BCUT2D eigenvalue weighted by Gasteiger charge is -2.30. The number of benzene rings is 1. The van der Waals surface area contributed by atoms with Crippen LogP contribution in [0.15, 0.2) is 23.1 Å². The fourth-order valence-corrected chi connectivity index (χ4v) is 4.86. The summed E-state index contributed by atoms with van der Waals surface area (Å²) in [7, 11) is -1.64. The zero-order chi connectivity index (χ0) is 15.0. The monoisotopic (exact) mass is 316 g/mol. The van der Waals surface area contributed by atoms with Crippen molar-refractivity contribution in [1.82, 2.24) is 9.62 Å². The molecule has 1 saturated heterocycles. The molecule has 1 aromatic carbocycles. The van der Waals surface area contributed by atoms with E-state index < -0.39 is 10.0 Å². The Kier molecular flexibility index (Phi) is 4.44. The third-order valence-corrected chi connectivity index (χ3v) is 6.26. The Balaban J connectivity index is 2.38. The summed E-state index contributed by atoms with van der Waals surface area (Å²) >= 11 is 6.17. The molecule has 0 unspecified atom stereocenters. The maximum Gasteiger partial charge on any atom is 0.243 e. The van der Waals surface area contributed by atoms with Crippen LogP contribution in [0.4, 0.5) is 0 Å². The van der Waals surface area contributed by atoms with E-state index in [9.17, 15) is 8.42 Å². The molecule has 1 aliphatic rings. The molecular weight excluding hydrogens is 296 g/mol. The first-order chi connectivity index (χ1) is 9.29. The fraction of sp³-hybridized carbons (Fsp3) is 0.571. The van der Waals surface area contributed by atoms with Crippen molar-refractivity contribution in [3.8, 4) is 0 Å². The summed E-state index contributed by atoms with van der Waals surface area (Å²) in [6, 6.07) is 4.97. The van der Waals surface area contributed by atoms with Crippen molar-refractivity contribution in [3.05, 3.63) is 28.8 Å². The first-order valence-corrected chi connectivity index (χ1v) is 8.57. The molecule has 1 aromatic rings. The number of nitrogens with zero attached hydrogens (tertiary/aromatic N) is 1. The summed E-state index contributed by atoms with van der Waals surface area (Å²) in [6.45, 7) is 5.13. The van der Waals surface area contributed by atoms with E-state index >= 15 is 0 Å². The molecule has 0 bridgehead atoms. The molecule has 1 aliphatic heterocycles. The number of hydrogen-bond donors (Lipinski definition) is 1. The van der Waals surface area contributed by atoms with Crippen LogP contribution in [-0.2, 0) is 16.6 Å². The van der Waals surface area contributed by atoms with Crippen molar-refractivity contribution in [2.75, 3.05) is 13.6 Å². The Bertz CT molecular complexity index is 599. The number of halogens is 1. The lowest BCUT2D eigenvalue weighted by Crippen LogP contribution is -2.42. The van der Waals surface area contributed by atoms with Crippen molar-refractivity contribution in [2.45, 2.75) is 43.7 Å². The van der Waals surface area contributed by atoms with Crippen molar-refractivity contribution in [1.29, 1.82) is 0 Å². The molecular formula is C14H21ClN2O2S. The molecule has 4 nitrogen and oxygen atoms in total. The van der Waals surface area contributed by atoms with Gasteiger partial charge < -0.3 is 5.32 Å². The van der Waals surface area contributed by atoms with Gasteiger partial charge in [0.1, 0.15) is 0 Å². The highest BCUT2D eigenvalue weighted by Crippen LogP contribution is 2.34. The first kappa shape index (κ1) is 15.8. The van der Waals surface area contributed by atoms with Crippen LogP contribution in [0.5, 0.6) is 0 Å². The molecule has 20 heavy (non-hydrogen) atoms. The van der Waals surface area contributed by atoms with Gasteiger partial charge in [-0.1, -0.05) is 17.7 Å². The standard InChI is InChI=1S/C14H21ClN2O2S/c1-14(2)7-4-8-17(14)20(18,19)12-6-5-11(10-16-3)13(15)9-12/h5-6,9,16H,4,7-8,10H2,1-3H3. The van der Waals surface area contributed by atoms with Crippen LogP contribution in [0.3, 0.4) is 0 Å². The van der Waals surface area contributed by atoms with E-state index in [1.807, 2.05) is 20.9 Å². The lowest BCUT2D eigenvalue weighted by molar-refractivity contribution is 0.291. The molecule has 1 fully saturated rings. The highest BCUT2D eigenvalue weighted by molar-refractivity contribution is 7.89. The second kappa shape index (κ2) is 5.64. The van der Waals surface area contributed by atoms with Gasteiger partial charge >= 0.3 is 0 Å². The first-order valence-electron chi connectivity index (χ1n) is 6.75. The molecule has 0 saturated carbocycles. The zero-order valence-electron chi connectivity index (χ0n) is 12.1. The van der Waals surface area contributed by atoms with Gasteiger partial charge in [-0.3, -0.25) is 0 Å². The topological polar surface area (TPSA) is 49.4 Å².